The van der Waals surface area contributed by atoms with Crippen molar-refractivity contribution in [1.29, 1.82) is 0 Å². The van der Waals surface area contributed by atoms with Crippen molar-refractivity contribution in [2.24, 2.45) is 0 Å². The molecule has 182 valence electrons. The van der Waals surface area contributed by atoms with Crippen LogP contribution in [0.1, 0.15) is 29.3 Å². The van der Waals surface area contributed by atoms with E-state index in [4.69, 9.17) is 5.73 Å². The first-order valence-corrected chi connectivity index (χ1v) is 12.0. The van der Waals surface area contributed by atoms with Crippen LogP contribution in [0.2, 0.25) is 0 Å². The van der Waals surface area contributed by atoms with Gasteiger partial charge in [0.25, 0.3) is 11.1 Å². The van der Waals surface area contributed by atoms with E-state index in [1.54, 1.807) is 6.92 Å². The van der Waals surface area contributed by atoms with Gasteiger partial charge in [-0.15, -0.1) is 11.3 Å². The average Bonchev–Trinajstić information content (AvgIpc) is 3.13. The zero-order valence-corrected chi connectivity index (χ0v) is 20.5. The Hall–Kier alpha value is -3.99. The Kier molecular flexibility index (Phi) is 6.70. The first kappa shape index (κ1) is 24.1. The molecule has 3 N–H and O–H groups in total. The van der Waals surface area contributed by atoms with Crippen molar-refractivity contribution in [3.05, 3.63) is 83.9 Å². The summed E-state index contributed by atoms with van der Waals surface area (Å²) in [5.74, 6) is -0.498. The van der Waals surface area contributed by atoms with Gasteiger partial charge >= 0.3 is 5.69 Å². The number of nitrogens with two attached hydrogens (primary N) is 1. The minimum absolute atomic E-state index is 0.0558. The molecule has 35 heavy (non-hydrogen) atoms. The number of anilines is 2. The van der Waals surface area contributed by atoms with Crippen molar-refractivity contribution in [1.82, 2.24) is 19.1 Å². The number of fused-ring (bicyclic) bond motifs is 1. The zero-order valence-electron chi connectivity index (χ0n) is 19.7. The number of hydrogen-bond acceptors (Lipinski definition) is 7. The van der Waals surface area contributed by atoms with E-state index in [1.807, 2.05) is 44.2 Å². The number of thiophene rings is 1. The fourth-order valence-electron chi connectivity index (χ4n) is 4.00. The quantitative estimate of drug-likeness (QED) is 0.403. The summed E-state index contributed by atoms with van der Waals surface area (Å²) < 4.78 is 2.63. The number of benzene rings is 1. The molecular formula is C24H26N6O4S. The molecule has 0 aliphatic rings. The van der Waals surface area contributed by atoms with Crippen molar-refractivity contribution < 1.29 is 4.79 Å². The Morgan fingerprint density at radius 1 is 1.17 bits per heavy atom. The second-order valence-corrected chi connectivity index (χ2v) is 9.36. The van der Waals surface area contributed by atoms with Crippen LogP contribution in [-0.4, -0.2) is 31.6 Å². The second kappa shape index (κ2) is 9.71. The van der Waals surface area contributed by atoms with Crippen LogP contribution in [0.15, 0.2) is 51.0 Å². The van der Waals surface area contributed by atoms with Crippen LogP contribution in [0.5, 0.6) is 0 Å². The van der Waals surface area contributed by atoms with Gasteiger partial charge in [-0.2, -0.15) is 0 Å². The van der Waals surface area contributed by atoms with Crippen LogP contribution in [0.4, 0.5) is 11.5 Å². The van der Waals surface area contributed by atoms with Crippen LogP contribution in [0.25, 0.3) is 10.2 Å². The molecule has 0 saturated carbocycles. The van der Waals surface area contributed by atoms with Crippen LogP contribution in [0.3, 0.4) is 0 Å². The van der Waals surface area contributed by atoms with Gasteiger partial charge in [-0.25, -0.2) is 9.78 Å². The largest absolute Gasteiger partial charge is 0.383 e. The summed E-state index contributed by atoms with van der Waals surface area (Å²) in [5, 5.41) is 0.559. The molecular weight excluding hydrogens is 468 g/mol. The van der Waals surface area contributed by atoms with E-state index in [0.29, 0.717) is 10.2 Å². The fourth-order valence-corrected chi connectivity index (χ4v) is 4.99. The highest BCUT2D eigenvalue weighted by Gasteiger charge is 2.23. The number of rotatable bonds is 7. The predicted octanol–water partition coefficient (Wildman–Crippen LogP) is 2.00. The molecule has 0 fully saturated rings. The SMILES string of the molecule is CCN(C(=O)CCn1cnc2sc(C)c(C)c2c1=O)c1c(N)n(Cc2ccccc2)c(=O)[nH]c1=O. The van der Waals surface area contributed by atoms with E-state index in [9.17, 15) is 19.2 Å². The third-order valence-electron chi connectivity index (χ3n) is 6.01. The van der Waals surface area contributed by atoms with Gasteiger partial charge in [-0.3, -0.25) is 28.5 Å². The Bertz CT molecular complexity index is 1580. The predicted molar refractivity (Wildman–Crippen MR) is 137 cm³/mol. The third kappa shape index (κ3) is 4.54. The van der Waals surface area contributed by atoms with Crippen LogP contribution in [0, 0.1) is 13.8 Å². The smallest absolute Gasteiger partial charge is 0.330 e. The molecule has 10 nitrogen and oxygen atoms in total. The minimum atomic E-state index is -0.739. The molecule has 0 saturated heterocycles. The summed E-state index contributed by atoms with van der Waals surface area (Å²) in [6.07, 6.45) is 1.38. The molecule has 0 bridgehead atoms. The van der Waals surface area contributed by atoms with Crippen molar-refractivity contribution >= 4 is 39.0 Å². The summed E-state index contributed by atoms with van der Waals surface area (Å²) in [7, 11) is 0. The highest BCUT2D eigenvalue weighted by Crippen LogP contribution is 2.25. The number of aromatic amines is 1. The van der Waals surface area contributed by atoms with Gasteiger partial charge in [0, 0.05) is 24.4 Å². The number of aromatic nitrogens is 4. The Labute approximate surface area is 204 Å². The van der Waals surface area contributed by atoms with Crippen molar-refractivity contribution in [3.63, 3.8) is 0 Å². The summed E-state index contributed by atoms with van der Waals surface area (Å²) in [5.41, 5.74) is 6.26. The van der Waals surface area contributed by atoms with E-state index in [1.165, 1.54) is 31.7 Å². The Balaban J connectivity index is 1.62. The van der Waals surface area contributed by atoms with Gasteiger partial charge in [0.15, 0.2) is 5.69 Å². The van der Waals surface area contributed by atoms with E-state index in [-0.39, 0.29) is 43.1 Å². The lowest BCUT2D eigenvalue weighted by Gasteiger charge is -2.23. The number of nitrogens with zero attached hydrogens (tertiary/aromatic N) is 4. The molecule has 11 heteroatoms. The number of hydrogen-bond donors (Lipinski definition) is 2. The highest BCUT2D eigenvalue weighted by atomic mass is 32.1. The van der Waals surface area contributed by atoms with Crippen molar-refractivity contribution in [2.45, 2.75) is 40.3 Å². The number of amides is 1. The molecule has 0 unspecified atom stereocenters. The van der Waals surface area contributed by atoms with E-state index in [0.717, 1.165) is 16.0 Å². The first-order chi connectivity index (χ1) is 16.7. The van der Waals surface area contributed by atoms with Gasteiger partial charge in [0.05, 0.1) is 18.3 Å². The molecule has 0 atom stereocenters. The van der Waals surface area contributed by atoms with E-state index >= 15 is 0 Å². The maximum absolute atomic E-state index is 13.1. The molecule has 3 heterocycles. The maximum Gasteiger partial charge on any atom is 0.330 e. The molecule has 0 aliphatic heterocycles. The number of H-pyrrole nitrogens is 1. The lowest BCUT2D eigenvalue weighted by atomic mass is 10.2. The molecule has 1 amide bonds. The molecule has 0 aliphatic carbocycles. The highest BCUT2D eigenvalue weighted by molar-refractivity contribution is 7.18. The standard InChI is InChI=1S/C24H26N6O4S/c1-4-29(17(31)10-11-28-13-26-22-18(23(28)33)14(2)15(3)35-22)19-20(25)30(24(34)27-21(19)32)12-16-8-6-5-7-9-16/h5-9,13H,4,10-12,25H2,1-3H3,(H,27,32,34). The lowest BCUT2D eigenvalue weighted by molar-refractivity contribution is -0.118. The summed E-state index contributed by atoms with van der Waals surface area (Å²) in [6.45, 7) is 5.91. The average molecular weight is 495 g/mol. The van der Waals surface area contributed by atoms with Crippen molar-refractivity contribution in [3.8, 4) is 0 Å². The normalized spacial score (nSPS) is 11.2. The third-order valence-corrected chi connectivity index (χ3v) is 7.12. The molecule has 0 radical (unpaired) electrons. The molecule has 3 aromatic heterocycles. The topological polar surface area (TPSA) is 136 Å². The van der Waals surface area contributed by atoms with Crippen LogP contribution < -0.4 is 27.4 Å². The first-order valence-electron chi connectivity index (χ1n) is 11.1. The van der Waals surface area contributed by atoms with Gasteiger partial charge in [-0.05, 0) is 31.9 Å². The number of nitrogens with one attached hydrogen (secondary N) is 1. The van der Waals surface area contributed by atoms with Gasteiger partial charge < -0.3 is 10.6 Å². The van der Waals surface area contributed by atoms with Crippen LogP contribution in [-0.2, 0) is 17.9 Å². The molecule has 4 aromatic rings. The summed E-state index contributed by atoms with van der Waals surface area (Å²) in [6, 6.07) is 9.18. The summed E-state index contributed by atoms with van der Waals surface area (Å²) in [4.78, 5) is 60.8. The fraction of sp³-hybridized carbons (Fsp3) is 0.292. The maximum atomic E-state index is 13.1. The van der Waals surface area contributed by atoms with Gasteiger partial charge in [-0.1, -0.05) is 30.3 Å². The number of nitrogen functional groups attached to an aromatic ring is 1. The molecule has 1 aromatic carbocycles. The molecule has 4 rings (SSSR count). The number of carbonyl (C=O) groups is 1. The van der Waals surface area contributed by atoms with Crippen LogP contribution >= 0.6 is 11.3 Å². The summed E-state index contributed by atoms with van der Waals surface area (Å²) >= 11 is 1.46. The molecule has 0 spiro atoms. The van der Waals surface area contributed by atoms with Gasteiger partial charge in [0.2, 0.25) is 5.91 Å². The van der Waals surface area contributed by atoms with Crippen molar-refractivity contribution in [2.75, 3.05) is 17.2 Å². The number of carbonyl (C=O) groups excluding carboxylic acids is 1. The minimum Gasteiger partial charge on any atom is -0.383 e. The number of aryl methyl sites for hydroxylation is 3. The Morgan fingerprint density at radius 3 is 2.57 bits per heavy atom. The van der Waals surface area contributed by atoms with E-state index in [2.05, 4.69) is 9.97 Å². The lowest BCUT2D eigenvalue weighted by Crippen LogP contribution is -2.41. The zero-order chi connectivity index (χ0) is 25.3. The second-order valence-electron chi connectivity index (χ2n) is 8.16. The van der Waals surface area contributed by atoms with E-state index < -0.39 is 17.2 Å². The monoisotopic (exact) mass is 494 g/mol. The Morgan fingerprint density at radius 2 is 1.89 bits per heavy atom. The van der Waals surface area contributed by atoms with Gasteiger partial charge in [0.1, 0.15) is 10.6 Å².